The van der Waals surface area contributed by atoms with Crippen LogP contribution in [0.5, 0.6) is 0 Å². The largest absolute Gasteiger partial charge is 0.379 e. The molecule has 4 aliphatic rings. The number of nitrogens with zero attached hydrogens (tertiary/aromatic N) is 7. The van der Waals surface area contributed by atoms with Crippen molar-refractivity contribution in [3.05, 3.63) is 35.3 Å². The summed E-state index contributed by atoms with van der Waals surface area (Å²) in [6, 6.07) is 8.78. The lowest BCUT2D eigenvalue weighted by Gasteiger charge is -2.45. The fraction of sp³-hybridized carbons (Fsp3) is 0.607. The van der Waals surface area contributed by atoms with Crippen LogP contribution in [0.4, 0.5) is 5.69 Å². The van der Waals surface area contributed by atoms with Crippen molar-refractivity contribution < 1.29 is 17.9 Å². The third-order valence-corrected chi connectivity index (χ3v) is 11.0. The molecule has 1 atom stereocenters. The van der Waals surface area contributed by atoms with E-state index >= 15 is 0 Å². The molecule has 13 heteroatoms. The molecule has 11 nitrogen and oxygen atoms in total. The van der Waals surface area contributed by atoms with Crippen LogP contribution in [0.2, 0.25) is 0 Å². The number of sulfonamides is 1. The van der Waals surface area contributed by atoms with Crippen LogP contribution in [0.3, 0.4) is 0 Å². The second-order valence-corrected chi connectivity index (χ2v) is 14.6. The van der Waals surface area contributed by atoms with Gasteiger partial charge < -0.3 is 9.47 Å². The smallest absolute Gasteiger partial charge is 0.211 e. The lowest BCUT2D eigenvalue weighted by atomic mass is 10.1. The summed E-state index contributed by atoms with van der Waals surface area (Å²) in [5.74, 6) is 0. The fourth-order valence-electron chi connectivity index (χ4n) is 6.38. The zero-order valence-electron chi connectivity index (χ0n) is 23.7. The highest BCUT2D eigenvalue weighted by atomic mass is 32.2. The van der Waals surface area contributed by atoms with Gasteiger partial charge in [-0.1, -0.05) is 12.1 Å². The quantitative estimate of drug-likeness (QED) is 0.424. The lowest BCUT2D eigenvalue weighted by Crippen LogP contribution is -2.57. The van der Waals surface area contributed by atoms with Crippen LogP contribution in [0.15, 0.2) is 30.5 Å². The Hall–Kier alpha value is -2.10. The number of aromatic nitrogens is 2. The van der Waals surface area contributed by atoms with E-state index in [-0.39, 0.29) is 6.23 Å². The van der Waals surface area contributed by atoms with Gasteiger partial charge in [0.15, 0.2) is 0 Å². The first-order valence-corrected chi connectivity index (χ1v) is 17.3. The van der Waals surface area contributed by atoms with Gasteiger partial charge in [-0.25, -0.2) is 18.1 Å². The van der Waals surface area contributed by atoms with Crippen LogP contribution < -0.4 is 5.01 Å². The minimum absolute atomic E-state index is 0.0187. The van der Waals surface area contributed by atoms with Crippen LogP contribution in [-0.2, 0) is 26.0 Å². The summed E-state index contributed by atoms with van der Waals surface area (Å²) < 4.78 is 39.3. The van der Waals surface area contributed by atoms with Crippen molar-refractivity contribution in [1.82, 2.24) is 28.9 Å². The molecule has 0 unspecified atom stereocenters. The van der Waals surface area contributed by atoms with Gasteiger partial charge in [-0.15, -0.1) is 11.3 Å². The highest BCUT2D eigenvalue weighted by Gasteiger charge is 2.32. The van der Waals surface area contributed by atoms with Crippen LogP contribution >= 0.6 is 11.3 Å². The van der Waals surface area contributed by atoms with E-state index in [0.717, 1.165) is 84.2 Å². The maximum atomic E-state index is 12.0. The first-order chi connectivity index (χ1) is 19.9. The maximum absolute atomic E-state index is 12.0. The minimum Gasteiger partial charge on any atom is -0.379 e. The molecule has 41 heavy (non-hydrogen) atoms. The summed E-state index contributed by atoms with van der Waals surface area (Å²) in [5, 5.41) is 10.9. The molecular formula is C28H39N7O4S2. The van der Waals surface area contributed by atoms with Crippen molar-refractivity contribution in [2.24, 2.45) is 0 Å². The van der Waals surface area contributed by atoms with Crippen molar-refractivity contribution in [2.45, 2.75) is 32.0 Å². The fourth-order valence-corrected chi connectivity index (χ4v) is 8.44. The van der Waals surface area contributed by atoms with Gasteiger partial charge in [-0.3, -0.25) is 14.8 Å². The second-order valence-electron chi connectivity index (χ2n) is 11.4. The van der Waals surface area contributed by atoms with E-state index in [1.807, 2.05) is 16.0 Å². The van der Waals surface area contributed by atoms with Crippen molar-refractivity contribution in [1.29, 1.82) is 0 Å². The monoisotopic (exact) mass is 601 g/mol. The van der Waals surface area contributed by atoms with E-state index in [1.165, 1.54) is 39.1 Å². The molecule has 1 aromatic carbocycles. The van der Waals surface area contributed by atoms with Crippen molar-refractivity contribution >= 4 is 38.0 Å². The van der Waals surface area contributed by atoms with Gasteiger partial charge in [0.2, 0.25) is 10.0 Å². The van der Waals surface area contributed by atoms with Gasteiger partial charge in [0.25, 0.3) is 0 Å². The average Bonchev–Trinajstić information content (AvgIpc) is 3.62. The first-order valence-electron chi connectivity index (χ1n) is 14.6. The average molecular weight is 602 g/mol. The standard InChI is InChI=1S/C28H39N7O4S2/c1-41(36,37)33-10-8-30(9-11-33)20-31-19-27-25(35(21-31)32-12-15-38-16-13-32)17-26(40-27)22-5-4-6-24-23(22)18-34(29-24)28-7-2-3-14-39-28/h4-6,17-18,28H,2-3,7-16,19-21H2,1H3/t28-/m1/s1. The van der Waals surface area contributed by atoms with Crippen molar-refractivity contribution in [3.8, 4) is 10.4 Å². The highest BCUT2D eigenvalue weighted by Crippen LogP contribution is 2.43. The number of ether oxygens (including phenoxy) is 2. The number of hydrazine groups is 1. The molecule has 0 spiro atoms. The molecule has 3 saturated heterocycles. The number of hydrogen-bond acceptors (Lipinski definition) is 10. The Balaban J connectivity index is 1.16. The molecule has 0 amide bonds. The van der Waals surface area contributed by atoms with Gasteiger partial charge >= 0.3 is 0 Å². The molecule has 2 aromatic heterocycles. The lowest BCUT2D eigenvalue weighted by molar-refractivity contribution is -0.0390. The predicted molar refractivity (Wildman–Crippen MR) is 160 cm³/mol. The van der Waals surface area contributed by atoms with Gasteiger partial charge in [-0.2, -0.15) is 9.40 Å². The number of fused-ring (bicyclic) bond motifs is 2. The van der Waals surface area contributed by atoms with Gasteiger partial charge in [0, 0.05) is 79.3 Å². The molecule has 3 aromatic rings. The van der Waals surface area contributed by atoms with Gasteiger partial charge in [-0.05, 0) is 31.4 Å². The molecule has 0 N–H and O–H groups in total. The van der Waals surface area contributed by atoms with Gasteiger partial charge in [0.05, 0.1) is 44.0 Å². The number of piperazine rings is 1. The molecule has 6 heterocycles. The summed E-state index contributed by atoms with van der Waals surface area (Å²) in [7, 11) is -3.14. The number of rotatable bonds is 6. The molecule has 0 radical (unpaired) electrons. The topological polar surface area (TPSA) is 86.6 Å². The van der Waals surface area contributed by atoms with Crippen LogP contribution in [0, 0.1) is 0 Å². The molecular weight excluding hydrogens is 562 g/mol. The third-order valence-electron chi connectivity index (χ3n) is 8.58. The molecule has 222 valence electrons. The van der Waals surface area contributed by atoms with E-state index in [0.29, 0.717) is 13.1 Å². The number of morpholine rings is 1. The Bertz CT molecular complexity index is 1470. The molecule has 4 aliphatic heterocycles. The molecule has 0 aliphatic carbocycles. The molecule has 0 bridgehead atoms. The summed E-state index contributed by atoms with van der Waals surface area (Å²) in [6.45, 7) is 9.10. The zero-order chi connectivity index (χ0) is 28.0. The van der Waals surface area contributed by atoms with Crippen LogP contribution in [0.25, 0.3) is 21.3 Å². The SMILES string of the molecule is CS(=O)(=O)N1CCN(CN2Cc3sc(-c4cccc5nn([C@H]6CCCCO6)cc45)cc3N(N3CCOCC3)C2)CC1. The van der Waals surface area contributed by atoms with E-state index in [9.17, 15) is 8.42 Å². The Morgan fingerprint density at radius 1 is 1.02 bits per heavy atom. The second kappa shape index (κ2) is 11.5. The summed E-state index contributed by atoms with van der Waals surface area (Å²) in [4.78, 5) is 7.47. The Morgan fingerprint density at radius 2 is 1.85 bits per heavy atom. The maximum Gasteiger partial charge on any atom is 0.211 e. The van der Waals surface area contributed by atoms with Crippen molar-refractivity contribution in [2.75, 3.05) is 83.7 Å². The van der Waals surface area contributed by atoms with E-state index in [2.05, 4.69) is 50.3 Å². The summed E-state index contributed by atoms with van der Waals surface area (Å²) in [6.07, 6.45) is 6.79. The zero-order valence-corrected chi connectivity index (χ0v) is 25.3. The van der Waals surface area contributed by atoms with Crippen LogP contribution in [-0.4, -0.2) is 116 Å². The Labute approximate surface area is 245 Å². The Morgan fingerprint density at radius 3 is 2.61 bits per heavy atom. The minimum atomic E-state index is -3.14. The summed E-state index contributed by atoms with van der Waals surface area (Å²) in [5.41, 5.74) is 3.50. The highest BCUT2D eigenvalue weighted by molar-refractivity contribution is 7.88. The number of benzene rings is 1. The Kier molecular flexibility index (Phi) is 7.79. The van der Waals surface area contributed by atoms with E-state index < -0.39 is 10.0 Å². The van der Waals surface area contributed by atoms with Gasteiger partial charge in [0.1, 0.15) is 6.23 Å². The molecule has 3 fully saturated rings. The number of anilines is 1. The summed E-state index contributed by atoms with van der Waals surface area (Å²) >= 11 is 1.87. The van der Waals surface area contributed by atoms with E-state index in [4.69, 9.17) is 14.6 Å². The predicted octanol–water partition coefficient (Wildman–Crippen LogP) is 2.83. The van der Waals surface area contributed by atoms with E-state index in [1.54, 1.807) is 4.31 Å². The first kappa shape index (κ1) is 27.7. The molecule has 7 rings (SSSR count). The van der Waals surface area contributed by atoms with Crippen LogP contribution in [0.1, 0.15) is 30.4 Å². The third kappa shape index (κ3) is 5.78. The number of hydrogen-bond donors (Lipinski definition) is 0. The molecule has 0 saturated carbocycles. The number of thiophene rings is 1. The van der Waals surface area contributed by atoms with Crippen molar-refractivity contribution in [3.63, 3.8) is 0 Å². The normalized spacial score (nSPS) is 24.2.